The fraction of sp³-hybridized carbons (Fsp3) is 0.0588. The molecule has 45 heavy (non-hydrogen) atoms. The highest BCUT2D eigenvalue weighted by molar-refractivity contribution is 6.29. The van der Waals surface area contributed by atoms with Crippen molar-refractivity contribution >= 4 is 33.6 Å². The number of allylic oxidation sites excluding steroid dienone is 7. The van der Waals surface area contributed by atoms with Gasteiger partial charge in [0.05, 0.1) is 43.0 Å². The fourth-order valence-electron chi connectivity index (χ4n) is 5.41. The summed E-state index contributed by atoms with van der Waals surface area (Å²) in [5.74, 6) is -2.24. The van der Waals surface area contributed by atoms with Gasteiger partial charge >= 0.3 is 6.18 Å². The molecule has 0 bridgehead atoms. The number of fused-ring (bicyclic) bond motifs is 2. The molecule has 0 saturated carbocycles. The highest BCUT2D eigenvalue weighted by Crippen LogP contribution is 2.55. The van der Waals surface area contributed by atoms with E-state index in [1.165, 1.54) is 31.2 Å². The van der Waals surface area contributed by atoms with Crippen molar-refractivity contribution in [2.24, 2.45) is 0 Å². The molecule has 0 radical (unpaired) electrons. The SMILES string of the molecule is [C-]#[N+]C1=C(c2ccc(C)c(F)c2)/C(=C(/C#N)[N+]#[C-])c2cc3c(cc21)/C(=C(/C#N)[N+]#[C-])C(c1ccc(C(F)(F)F)c(F)c1)=C3C#N. The molecule has 3 aromatic rings. The molecule has 0 unspecified atom stereocenters. The maximum atomic E-state index is 14.7. The third-order valence-corrected chi connectivity index (χ3v) is 7.36. The van der Waals surface area contributed by atoms with Crippen molar-refractivity contribution in [1.29, 1.82) is 15.8 Å². The first-order valence-corrected chi connectivity index (χ1v) is 12.6. The normalized spacial score (nSPS) is 15.6. The van der Waals surface area contributed by atoms with Crippen molar-refractivity contribution in [3.05, 3.63) is 150 Å². The zero-order valence-electron chi connectivity index (χ0n) is 22.7. The van der Waals surface area contributed by atoms with Crippen LogP contribution in [0.15, 0.2) is 59.9 Å². The first-order chi connectivity index (χ1) is 21.4. The summed E-state index contributed by atoms with van der Waals surface area (Å²) >= 11 is 0. The maximum absolute atomic E-state index is 14.7. The Hall–Kier alpha value is -6.79. The third kappa shape index (κ3) is 4.50. The second kappa shape index (κ2) is 10.8. The summed E-state index contributed by atoms with van der Waals surface area (Å²) in [5, 5.41) is 29.9. The molecule has 0 N–H and O–H groups in total. The van der Waals surface area contributed by atoms with Crippen LogP contribution in [0.3, 0.4) is 0 Å². The van der Waals surface area contributed by atoms with Crippen molar-refractivity contribution in [2.45, 2.75) is 13.1 Å². The molecule has 5 rings (SSSR count). The van der Waals surface area contributed by atoms with Gasteiger partial charge in [-0.05, 0) is 86.9 Å². The van der Waals surface area contributed by atoms with E-state index in [-0.39, 0.29) is 66.9 Å². The van der Waals surface area contributed by atoms with Gasteiger partial charge in [0.15, 0.2) is 0 Å². The van der Waals surface area contributed by atoms with Crippen molar-refractivity contribution in [3.63, 3.8) is 0 Å². The Bertz CT molecular complexity index is 2260. The van der Waals surface area contributed by atoms with Gasteiger partial charge in [0.1, 0.15) is 17.7 Å². The van der Waals surface area contributed by atoms with Crippen LogP contribution in [0, 0.1) is 72.3 Å². The van der Waals surface area contributed by atoms with Gasteiger partial charge in [0.2, 0.25) is 5.70 Å². The molecular weight excluding hydrogens is 587 g/mol. The predicted molar refractivity (Wildman–Crippen MR) is 153 cm³/mol. The molecule has 0 fully saturated rings. The van der Waals surface area contributed by atoms with Crippen LogP contribution in [-0.4, -0.2) is 0 Å². The number of rotatable bonds is 2. The number of aryl methyl sites for hydroxylation is 1. The summed E-state index contributed by atoms with van der Waals surface area (Å²) in [5.41, 5.74) is -2.42. The smallest absolute Gasteiger partial charge is 0.237 e. The van der Waals surface area contributed by atoms with Gasteiger partial charge in [-0.3, -0.25) is 0 Å². The lowest BCUT2D eigenvalue weighted by Gasteiger charge is -2.13. The predicted octanol–water partition coefficient (Wildman–Crippen LogP) is 8.85. The van der Waals surface area contributed by atoms with Gasteiger partial charge < -0.3 is 0 Å². The summed E-state index contributed by atoms with van der Waals surface area (Å²) in [4.78, 5) is 10.2. The van der Waals surface area contributed by atoms with Crippen LogP contribution in [0.4, 0.5) is 22.0 Å². The highest BCUT2D eigenvalue weighted by atomic mass is 19.4. The van der Waals surface area contributed by atoms with Gasteiger partial charge in [-0.25, -0.2) is 33.8 Å². The summed E-state index contributed by atoms with van der Waals surface area (Å²) in [7, 11) is 0. The van der Waals surface area contributed by atoms with Crippen molar-refractivity contribution in [3.8, 4) is 18.2 Å². The molecule has 0 spiro atoms. The van der Waals surface area contributed by atoms with E-state index in [4.69, 9.17) is 19.7 Å². The monoisotopic (exact) mass is 598 g/mol. The standard InChI is InChI=1S/C34H11F5N6/c1-16-5-6-18(9-25(16)35)30-32(28(15-42)44-3)21-11-19-20(12-22(21)33(30)45-4)31(27(14-41)43-2)29(23(19)13-40)17-7-8-24(26(36)10-17)34(37,38)39/h5-12H,1H3/b31-27+,32-28-. The van der Waals surface area contributed by atoms with Crippen LogP contribution >= 0.6 is 0 Å². The highest BCUT2D eigenvalue weighted by Gasteiger charge is 2.38. The second-order valence-corrected chi connectivity index (χ2v) is 9.69. The number of benzene rings is 3. The van der Waals surface area contributed by atoms with E-state index < -0.39 is 34.8 Å². The Morgan fingerprint density at radius 3 is 1.76 bits per heavy atom. The molecule has 2 aliphatic rings. The molecule has 212 valence electrons. The van der Waals surface area contributed by atoms with Gasteiger partial charge in [-0.2, -0.15) is 18.4 Å². The first kappa shape index (κ1) is 29.7. The Kier molecular flexibility index (Phi) is 7.13. The van der Waals surface area contributed by atoms with E-state index in [1.807, 2.05) is 6.07 Å². The van der Waals surface area contributed by atoms with Crippen LogP contribution in [-0.2, 0) is 6.18 Å². The first-order valence-electron chi connectivity index (χ1n) is 12.6. The van der Waals surface area contributed by atoms with Crippen LogP contribution in [0.1, 0.15) is 44.5 Å². The average Bonchev–Trinajstić information content (AvgIpc) is 3.50. The number of halogens is 5. The largest absolute Gasteiger partial charge is 0.419 e. The second-order valence-electron chi connectivity index (χ2n) is 9.69. The fourth-order valence-corrected chi connectivity index (χ4v) is 5.41. The van der Waals surface area contributed by atoms with E-state index in [9.17, 15) is 37.7 Å². The van der Waals surface area contributed by atoms with Crippen molar-refractivity contribution in [1.82, 2.24) is 0 Å². The van der Waals surface area contributed by atoms with E-state index in [2.05, 4.69) is 14.5 Å². The van der Waals surface area contributed by atoms with Crippen LogP contribution in [0.2, 0.25) is 0 Å². The minimum absolute atomic E-state index is 0.0120. The van der Waals surface area contributed by atoms with Crippen LogP contribution in [0.5, 0.6) is 0 Å². The van der Waals surface area contributed by atoms with E-state index in [1.54, 1.807) is 12.1 Å². The van der Waals surface area contributed by atoms with E-state index in [0.717, 1.165) is 12.1 Å². The Balaban J connectivity index is 1.90. The lowest BCUT2D eigenvalue weighted by molar-refractivity contribution is -0.140. The van der Waals surface area contributed by atoms with E-state index in [0.29, 0.717) is 17.7 Å². The Labute approximate surface area is 252 Å². The number of hydrogen-bond acceptors (Lipinski definition) is 3. The van der Waals surface area contributed by atoms with E-state index >= 15 is 0 Å². The van der Waals surface area contributed by atoms with Gasteiger partial charge in [-0.15, -0.1) is 0 Å². The molecule has 0 heterocycles. The minimum atomic E-state index is -5.01. The zero-order chi connectivity index (χ0) is 32.8. The molecule has 0 amide bonds. The lowest BCUT2D eigenvalue weighted by Crippen LogP contribution is -2.08. The molecule has 0 aliphatic heterocycles. The number of hydrogen-bond donors (Lipinski definition) is 0. The zero-order valence-corrected chi connectivity index (χ0v) is 22.7. The van der Waals surface area contributed by atoms with Crippen molar-refractivity contribution in [2.75, 3.05) is 0 Å². The number of nitriles is 3. The Morgan fingerprint density at radius 1 is 0.711 bits per heavy atom. The van der Waals surface area contributed by atoms with Crippen molar-refractivity contribution < 1.29 is 22.0 Å². The molecule has 0 atom stereocenters. The summed E-state index contributed by atoms with van der Waals surface area (Å²) < 4.78 is 69.3. The van der Waals surface area contributed by atoms with Gasteiger partial charge in [0, 0.05) is 5.57 Å². The number of nitrogens with zero attached hydrogens (tertiary/aromatic N) is 6. The maximum Gasteiger partial charge on any atom is 0.419 e. The van der Waals surface area contributed by atoms with Gasteiger partial charge in [0.25, 0.3) is 11.4 Å². The molecule has 6 nitrogen and oxygen atoms in total. The summed E-state index contributed by atoms with van der Waals surface area (Å²) in [6, 6.07) is 14.3. The Morgan fingerprint density at radius 2 is 1.24 bits per heavy atom. The quantitative estimate of drug-likeness (QED) is 0.168. The number of alkyl halides is 3. The molecule has 2 aliphatic carbocycles. The molecule has 0 saturated heterocycles. The molecular formula is C34H11F5N6. The summed E-state index contributed by atoms with van der Waals surface area (Å²) in [6.45, 7) is 24.7. The third-order valence-electron chi connectivity index (χ3n) is 7.36. The molecule has 11 heteroatoms. The average molecular weight is 598 g/mol. The molecule has 3 aromatic carbocycles. The summed E-state index contributed by atoms with van der Waals surface area (Å²) in [6.07, 6.45) is -5.01. The lowest BCUT2D eigenvalue weighted by atomic mass is 9.91. The van der Waals surface area contributed by atoms with Crippen LogP contribution in [0.25, 0.3) is 48.1 Å². The minimum Gasteiger partial charge on any atom is -0.237 e. The van der Waals surface area contributed by atoms with Gasteiger partial charge in [-0.1, -0.05) is 24.3 Å². The topological polar surface area (TPSA) is 84.4 Å². The van der Waals surface area contributed by atoms with Crippen LogP contribution < -0.4 is 0 Å². The molecule has 0 aromatic heterocycles.